The van der Waals surface area contributed by atoms with E-state index < -0.39 is 5.82 Å². The van der Waals surface area contributed by atoms with Crippen LogP contribution in [-0.4, -0.2) is 12.9 Å². The van der Waals surface area contributed by atoms with Crippen LogP contribution >= 0.6 is 15.9 Å². The van der Waals surface area contributed by atoms with Gasteiger partial charge in [-0.3, -0.25) is 4.79 Å². The molecule has 0 bridgehead atoms. The first kappa shape index (κ1) is 13.5. The number of benzene rings is 2. The molecule has 0 saturated heterocycles. The lowest BCUT2D eigenvalue weighted by Gasteiger charge is -2.06. The van der Waals surface area contributed by atoms with Crippen molar-refractivity contribution in [2.45, 2.75) is 0 Å². The normalized spacial score (nSPS) is 10.3. The molecular weight excluding hydrogens is 313 g/mol. The van der Waals surface area contributed by atoms with Crippen molar-refractivity contribution < 1.29 is 13.9 Å². The second-order valence-corrected chi connectivity index (χ2v) is 4.77. The van der Waals surface area contributed by atoms with E-state index in [0.717, 1.165) is 6.07 Å². The molecule has 19 heavy (non-hydrogen) atoms. The van der Waals surface area contributed by atoms with Crippen molar-refractivity contribution in [2.75, 3.05) is 12.8 Å². The van der Waals surface area contributed by atoms with Crippen LogP contribution in [-0.2, 0) is 0 Å². The molecule has 2 rings (SSSR count). The Labute approximate surface area is 118 Å². The average molecular weight is 324 g/mol. The number of carbonyl (C=O) groups excluding carboxylic acids is 1. The van der Waals surface area contributed by atoms with Gasteiger partial charge in [0.1, 0.15) is 11.6 Å². The number of ether oxygens (including phenoxy) is 1. The molecule has 0 unspecified atom stereocenters. The Balaban J connectivity index is 2.38. The molecule has 0 saturated carbocycles. The Hall–Kier alpha value is -1.88. The van der Waals surface area contributed by atoms with Crippen LogP contribution in [0.3, 0.4) is 0 Å². The van der Waals surface area contributed by atoms with Crippen molar-refractivity contribution in [3.63, 3.8) is 0 Å². The molecule has 3 nitrogen and oxygen atoms in total. The Kier molecular flexibility index (Phi) is 3.85. The predicted octanol–water partition coefficient (Wildman–Crippen LogP) is 3.41. The molecule has 5 heteroatoms. The summed E-state index contributed by atoms with van der Waals surface area (Å²) in [5, 5.41) is 0. The Bertz CT molecular complexity index is 643. The van der Waals surface area contributed by atoms with Crippen LogP contribution in [0.4, 0.5) is 10.1 Å². The molecule has 0 heterocycles. The standard InChI is InChI=1S/C14H11BrFNO2/c1-19-13-5-3-8(6-10(13)15)14(18)9-2-4-12(17)11(16)7-9/h2-7H,17H2,1H3. The van der Waals surface area contributed by atoms with E-state index in [1.807, 2.05) is 0 Å². The van der Waals surface area contributed by atoms with Gasteiger partial charge in [0, 0.05) is 11.1 Å². The monoisotopic (exact) mass is 323 g/mol. The van der Waals surface area contributed by atoms with E-state index in [0.29, 0.717) is 15.8 Å². The third-order valence-electron chi connectivity index (χ3n) is 2.68. The Morgan fingerprint density at radius 1 is 1.21 bits per heavy atom. The first-order valence-corrected chi connectivity index (χ1v) is 6.25. The van der Waals surface area contributed by atoms with Gasteiger partial charge in [0.15, 0.2) is 5.78 Å². The lowest BCUT2D eigenvalue weighted by Crippen LogP contribution is -2.03. The third kappa shape index (κ3) is 2.76. The van der Waals surface area contributed by atoms with E-state index in [2.05, 4.69) is 15.9 Å². The number of halogens is 2. The van der Waals surface area contributed by atoms with Gasteiger partial charge in [-0.2, -0.15) is 0 Å². The summed E-state index contributed by atoms with van der Waals surface area (Å²) in [6.07, 6.45) is 0. The van der Waals surface area contributed by atoms with Gasteiger partial charge in [0.2, 0.25) is 0 Å². The second-order valence-electron chi connectivity index (χ2n) is 3.91. The molecule has 0 spiro atoms. The van der Waals surface area contributed by atoms with Crippen LogP contribution in [0.2, 0.25) is 0 Å². The fourth-order valence-corrected chi connectivity index (χ4v) is 2.18. The number of carbonyl (C=O) groups is 1. The van der Waals surface area contributed by atoms with Gasteiger partial charge in [-0.1, -0.05) is 0 Å². The maximum atomic E-state index is 13.3. The van der Waals surface area contributed by atoms with Gasteiger partial charge >= 0.3 is 0 Å². The van der Waals surface area contributed by atoms with Crippen molar-refractivity contribution in [2.24, 2.45) is 0 Å². The third-order valence-corrected chi connectivity index (χ3v) is 3.30. The fraction of sp³-hybridized carbons (Fsp3) is 0.0714. The summed E-state index contributed by atoms with van der Waals surface area (Å²) in [7, 11) is 1.54. The molecule has 0 amide bonds. The molecular formula is C14H11BrFNO2. The fourth-order valence-electron chi connectivity index (χ4n) is 1.64. The van der Waals surface area contributed by atoms with E-state index in [1.54, 1.807) is 18.2 Å². The summed E-state index contributed by atoms with van der Waals surface area (Å²) in [6, 6.07) is 8.94. The van der Waals surface area contributed by atoms with E-state index in [9.17, 15) is 9.18 Å². The van der Waals surface area contributed by atoms with Crippen molar-refractivity contribution in [1.82, 2.24) is 0 Å². The summed E-state index contributed by atoms with van der Waals surface area (Å²) < 4.78 is 19.1. The molecule has 0 radical (unpaired) electrons. The minimum Gasteiger partial charge on any atom is -0.496 e. The molecule has 0 aliphatic rings. The molecule has 2 N–H and O–H groups in total. The summed E-state index contributed by atoms with van der Waals surface area (Å²) in [5.41, 5.74) is 6.10. The number of hydrogen-bond donors (Lipinski definition) is 1. The van der Waals surface area contributed by atoms with Gasteiger partial charge in [0.05, 0.1) is 17.3 Å². The van der Waals surface area contributed by atoms with Gasteiger partial charge < -0.3 is 10.5 Å². The zero-order valence-corrected chi connectivity index (χ0v) is 11.7. The summed E-state index contributed by atoms with van der Waals surface area (Å²) >= 11 is 3.30. The highest BCUT2D eigenvalue weighted by Crippen LogP contribution is 2.26. The summed E-state index contributed by atoms with van der Waals surface area (Å²) in [5.74, 6) is -0.249. The van der Waals surface area contributed by atoms with Crippen LogP contribution in [0, 0.1) is 5.82 Å². The highest BCUT2D eigenvalue weighted by molar-refractivity contribution is 9.10. The van der Waals surface area contributed by atoms with Crippen molar-refractivity contribution in [3.8, 4) is 5.75 Å². The predicted molar refractivity (Wildman–Crippen MR) is 74.9 cm³/mol. The topological polar surface area (TPSA) is 52.3 Å². The molecule has 0 aliphatic heterocycles. The Morgan fingerprint density at radius 2 is 1.84 bits per heavy atom. The number of rotatable bonds is 3. The first-order valence-electron chi connectivity index (χ1n) is 5.46. The van der Waals surface area contributed by atoms with Crippen LogP contribution in [0.25, 0.3) is 0 Å². The molecule has 0 fully saturated rings. The van der Waals surface area contributed by atoms with Gasteiger partial charge in [-0.15, -0.1) is 0 Å². The van der Waals surface area contributed by atoms with E-state index in [1.165, 1.54) is 19.2 Å². The summed E-state index contributed by atoms with van der Waals surface area (Å²) in [4.78, 5) is 12.2. The highest BCUT2D eigenvalue weighted by atomic mass is 79.9. The average Bonchev–Trinajstić information content (AvgIpc) is 2.41. The lowest BCUT2D eigenvalue weighted by atomic mass is 10.0. The number of methoxy groups -OCH3 is 1. The molecule has 0 aromatic heterocycles. The molecule has 98 valence electrons. The number of hydrogen-bond acceptors (Lipinski definition) is 3. The van der Waals surface area contributed by atoms with E-state index >= 15 is 0 Å². The lowest BCUT2D eigenvalue weighted by molar-refractivity contribution is 0.103. The maximum Gasteiger partial charge on any atom is 0.193 e. The molecule has 0 aliphatic carbocycles. The number of ketones is 1. The Morgan fingerprint density at radius 3 is 2.42 bits per heavy atom. The largest absolute Gasteiger partial charge is 0.496 e. The van der Waals surface area contributed by atoms with Gasteiger partial charge in [-0.25, -0.2) is 4.39 Å². The van der Waals surface area contributed by atoms with Crippen LogP contribution < -0.4 is 10.5 Å². The smallest absolute Gasteiger partial charge is 0.193 e. The minimum absolute atomic E-state index is 0.0208. The SMILES string of the molecule is COc1ccc(C(=O)c2ccc(N)c(F)c2)cc1Br. The van der Waals surface area contributed by atoms with Crippen molar-refractivity contribution in [1.29, 1.82) is 0 Å². The van der Waals surface area contributed by atoms with Gasteiger partial charge in [0.25, 0.3) is 0 Å². The number of nitrogen functional groups attached to an aromatic ring is 1. The minimum atomic E-state index is -0.599. The zero-order valence-electron chi connectivity index (χ0n) is 10.1. The number of nitrogens with two attached hydrogens (primary N) is 1. The van der Waals surface area contributed by atoms with Crippen LogP contribution in [0.5, 0.6) is 5.75 Å². The molecule has 0 atom stereocenters. The van der Waals surface area contributed by atoms with Crippen molar-refractivity contribution in [3.05, 3.63) is 57.8 Å². The quantitative estimate of drug-likeness (QED) is 0.695. The first-order chi connectivity index (χ1) is 9.02. The van der Waals surface area contributed by atoms with E-state index in [-0.39, 0.29) is 17.0 Å². The zero-order chi connectivity index (χ0) is 14.0. The number of anilines is 1. The van der Waals surface area contributed by atoms with E-state index in [4.69, 9.17) is 10.5 Å². The maximum absolute atomic E-state index is 13.3. The highest BCUT2D eigenvalue weighted by Gasteiger charge is 2.13. The van der Waals surface area contributed by atoms with Crippen molar-refractivity contribution >= 4 is 27.4 Å². The van der Waals surface area contributed by atoms with Crippen LogP contribution in [0.1, 0.15) is 15.9 Å². The van der Waals surface area contributed by atoms with Gasteiger partial charge in [-0.05, 0) is 52.3 Å². The molecule has 2 aromatic carbocycles. The second kappa shape index (κ2) is 5.40. The summed E-state index contributed by atoms with van der Waals surface area (Å²) in [6.45, 7) is 0. The molecule has 2 aromatic rings. The van der Waals surface area contributed by atoms with Crippen LogP contribution in [0.15, 0.2) is 40.9 Å².